The van der Waals surface area contributed by atoms with Gasteiger partial charge in [0.25, 0.3) is 5.69 Å². The van der Waals surface area contributed by atoms with Crippen LogP contribution in [-0.2, 0) is 35.2 Å². The molecule has 12 heteroatoms. The molecule has 0 aromatic heterocycles. The molecule has 0 saturated heterocycles. The second-order valence-electron chi connectivity index (χ2n) is 7.22. The number of esters is 2. The van der Waals surface area contributed by atoms with Crippen LogP contribution in [-0.4, -0.2) is 55.7 Å². The number of nitro benzene ring substituents is 1. The van der Waals surface area contributed by atoms with E-state index in [1.165, 1.54) is 24.3 Å². The first-order chi connectivity index (χ1) is 16.7. The number of nitro groups is 1. The Labute approximate surface area is 200 Å². The highest BCUT2D eigenvalue weighted by molar-refractivity contribution is 5.88. The smallest absolute Gasteiger partial charge is 0.407 e. The van der Waals surface area contributed by atoms with Gasteiger partial charge in [0, 0.05) is 18.1 Å². The minimum atomic E-state index is -1.35. The van der Waals surface area contributed by atoms with Crippen LogP contribution >= 0.6 is 0 Å². The van der Waals surface area contributed by atoms with Gasteiger partial charge in [-0.1, -0.05) is 42.5 Å². The molecule has 0 aliphatic carbocycles. The first kappa shape index (κ1) is 26.8. The molecule has 2 rings (SSSR count). The van der Waals surface area contributed by atoms with Crippen molar-refractivity contribution in [3.8, 4) is 0 Å². The highest BCUT2D eigenvalue weighted by Gasteiger charge is 2.34. The van der Waals surface area contributed by atoms with Crippen LogP contribution in [0.1, 0.15) is 23.5 Å². The summed E-state index contributed by atoms with van der Waals surface area (Å²) in [6.07, 6.45) is -1.18. The van der Waals surface area contributed by atoms with Gasteiger partial charge in [-0.15, -0.1) is 0 Å². The molecule has 35 heavy (non-hydrogen) atoms. The van der Waals surface area contributed by atoms with Gasteiger partial charge >= 0.3 is 18.0 Å². The van der Waals surface area contributed by atoms with Gasteiger partial charge in [0.05, 0.1) is 25.6 Å². The Morgan fingerprint density at radius 1 is 0.971 bits per heavy atom. The van der Waals surface area contributed by atoms with Crippen molar-refractivity contribution in [3.05, 3.63) is 75.8 Å². The Hall–Kier alpha value is -4.48. The van der Waals surface area contributed by atoms with Gasteiger partial charge in [-0.3, -0.25) is 19.7 Å². The van der Waals surface area contributed by atoms with E-state index in [2.05, 4.69) is 15.4 Å². The summed E-state index contributed by atoms with van der Waals surface area (Å²) < 4.78 is 14.5. The summed E-state index contributed by atoms with van der Waals surface area (Å²) in [6.45, 7) is -0.521. The van der Waals surface area contributed by atoms with Crippen molar-refractivity contribution in [3.63, 3.8) is 0 Å². The first-order valence-corrected chi connectivity index (χ1v) is 10.4. The van der Waals surface area contributed by atoms with Gasteiger partial charge in [0.1, 0.15) is 19.2 Å². The van der Waals surface area contributed by atoms with E-state index < -0.39 is 47.4 Å². The summed E-state index contributed by atoms with van der Waals surface area (Å²) >= 11 is 0. The van der Waals surface area contributed by atoms with Crippen LogP contribution in [0.15, 0.2) is 54.6 Å². The number of benzene rings is 2. The molecule has 0 heterocycles. The van der Waals surface area contributed by atoms with Crippen molar-refractivity contribution in [1.29, 1.82) is 0 Å². The number of hydrogen-bond acceptors (Lipinski definition) is 9. The van der Waals surface area contributed by atoms with Gasteiger partial charge in [0.15, 0.2) is 0 Å². The van der Waals surface area contributed by atoms with E-state index in [-0.39, 0.29) is 18.7 Å². The molecular weight excluding hydrogens is 462 g/mol. The summed E-state index contributed by atoms with van der Waals surface area (Å²) in [6, 6.07) is 12.7. The van der Waals surface area contributed by atoms with E-state index in [1.807, 2.05) is 6.07 Å². The lowest BCUT2D eigenvalue weighted by atomic mass is 9.88. The van der Waals surface area contributed by atoms with Crippen LogP contribution < -0.4 is 10.6 Å². The van der Waals surface area contributed by atoms with E-state index in [0.29, 0.717) is 5.56 Å². The maximum absolute atomic E-state index is 12.5. The molecule has 2 N–H and O–H groups in total. The number of hydrogen-bond donors (Lipinski definition) is 2. The zero-order chi connectivity index (χ0) is 25.8. The molecule has 2 amide bonds. The van der Waals surface area contributed by atoms with Crippen LogP contribution in [0.2, 0.25) is 0 Å². The molecule has 2 aromatic rings. The molecule has 2 aromatic carbocycles. The molecule has 0 bridgehead atoms. The third-order valence-corrected chi connectivity index (χ3v) is 4.93. The number of alkyl carbamates (subject to hydrolysis) is 1. The highest BCUT2D eigenvalue weighted by Crippen LogP contribution is 2.27. The quantitative estimate of drug-likeness (QED) is 0.208. The molecule has 0 unspecified atom stereocenters. The van der Waals surface area contributed by atoms with Crippen molar-refractivity contribution in [2.24, 2.45) is 0 Å². The van der Waals surface area contributed by atoms with Gasteiger partial charge in [-0.05, 0) is 11.1 Å². The molecule has 0 aliphatic heterocycles. The molecule has 0 saturated carbocycles. The lowest BCUT2D eigenvalue weighted by molar-refractivity contribution is -0.384. The Balaban J connectivity index is 2.09. The SMILES string of the molecule is COC(=O)C[C@H](c1ccc([N+](=O)[O-])cc1)[C@@H](NC(=O)CNC(=O)OCc1ccccc1)C(=O)OC. The normalized spacial score (nSPS) is 11.9. The molecular formula is C23H25N3O9. The minimum absolute atomic E-state index is 0.000422. The molecule has 0 aliphatic rings. The van der Waals surface area contributed by atoms with Crippen LogP contribution in [0.5, 0.6) is 0 Å². The van der Waals surface area contributed by atoms with E-state index in [9.17, 15) is 29.3 Å². The Bertz CT molecular complexity index is 1040. The number of methoxy groups -OCH3 is 2. The predicted molar refractivity (Wildman–Crippen MR) is 121 cm³/mol. The third kappa shape index (κ3) is 8.42. The van der Waals surface area contributed by atoms with Crippen LogP contribution in [0.3, 0.4) is 0 Å². The molecule has 186 valence electrons. The minimum Gasteiger partial charge on any atom is -0.469 e. The number of non-ortho nitro benzene ring substituents is 1. The van der Waals surface area contributed by atoms with E-state index >= 15 is 0 Å². The first-order valence-electron chi connectivity index (χ1n) is 10.4. The van der Waals surface area contributed by atoms with Gasteiger partial charge < -0.3 is 24.8 Å². The summed E-state index contributed by atoms with van der Waals surface area (Å²) in [7, 11) is 2.26. The third-order valence-electron chi connectivity index (χ3n) is 4.93. The maximum atomic E-state index is 12.5. The fourth-order valence-corrected chi connectivity index (χ4v) is 3.14. The summed E-state index contributed by atoms with van der Waals surface area (Å²) in [4.78, 5) is 59.3. The standard InChI is InChI=1S/C23H25N3O9/c1-33-20(28)12-18(16-8-10-17(11-9-16)26(31)32)21(22(29)34-2)25-19(27)13-24-23(30)35-14-15-6-4-3-5-7-15/h3-11,18,21H,12-14H2,1-2H3,(H,24,30)(H,25,27)/t18-,21-/m1/s1. The van der Waals surface area contributed by atoms with E-state index in [4.69, 9.17) is 9.47 Å². The second kappa shape index (κ2) is 13.3. The number of amides is 2. The van der Waals surface area contributed by atoms with Gasteiger partial charge in [-0.2, -0.15) is 0 Å². The topological polar surface area (TPSA) is 163 Å². The summed E-state index contributed by atoms with van der Waals surface area (Å²) in [5.74, 6) is -3.27. The van der Waals surface area contributed by atoms with Gasteiger partial charge in [-0.25, -0.2) is 9.59 Å². The van der Waals surface area contributed by atoms with Crippen molar-refractivity contribution in [1.82, 2.24) is 10.6 Å². The van der Waals surface area contributed by atoms with Crippen LogP contribution in [0.4, 0.5) is 10.5 Å². The van der Waals surface area contributed by atoms with Crippen molar-refractivity contribution >= 4 is 29.6 Å². The average molecular weight is 487 g/mol. The van der Waals surface area contributed by atoms with Crippen molar-refractivity contribution < 1.29 is 38.3 Å². The highest BCUT2D eigenvalue weighted by atomic mass is 16.6. The largest absolute Gasteiger partial charge is 0.469 e. The lowest BCUT2D eigenvalue weighted by Crippen LogP contribution is -2.49. The Morgan fingerprint density at radius 3 is 2.20 bits per heavy atom. The average Bonchev–Trinajstić information content (AvgIpc) is 2.88. The summed E-state index contributed by atoms with van der Waals surface area (Å²) in [5, 5.41) is 15.7. The molecule has 0 radical (unpaired) electrons. The van der Waals surface area contributed by atoms with Crippen LogP contribution in [0.25, 0.3) is 0 Å². The molecule has 0 fully saturated rings. The maximum Gasteiger partial charge on any atom is 0.407 e. The van der Waals surface area contributed by atoms with Gasteiger partial charge in [0.2, 0.25) is 5.91 Å². The summed E-state index contributed by atoms with van der Waals surface area (Å²) in [5.41, 5.74) is 0.918. The number of rotatable bonds is 11. The zero-order valence-corrected chi connectivity index (χ0v) is 19.1. The van der Waals surface area contributed by atoms with Crippen LogP contribution in [0, 0.1) is 10.1 Å². The monoisotopic (exact) mass is 487 g/mol. The number of nitrogens with zero attached hydrogens (tertiary/aromatic N) is 1. The number of nitrogens with one attached hydrogen (secondary N) is 2. The Morgan fingerprint density at radius 2 is 1.63 bits per heavy atom. The number of ether oxygens (including phenoxy) is 3. The fraction of sp³-hybridized carbons (Fsp3) is 0.304. The zero-order valence-electron chi connectivity index (χ0n) is 19.1. The fourth-order valence-electron chi connectivity index (χ4n) is 3.14. The molecule has 0 spiro atoms. The lowest BCUT2D eigenvalue weighted by Gasteiger charge is -2.26. The Kier molecular flexibility index (Phi) is 10.2. The number of carbonyl (C=O) groups is 4. The van der Waals surface area contributed by atoms with Crippen molar-refractivity contribution in [2.75, 3.05) is 20.8 Å². The predicted octanol–water partition coefficient (Wildman–Crippen LogP) is 1.83. The molecule has 2 atom stereocenters. The van der Waals surface area contributed by atoms with E-state index in [0.717, 1.165) is 19.8 Å². The number of carbonyl (C=O) groups excluding carboxylic acids is 4. The second-order valence-corrected chi connectivity index (χ2v) is 7.22. The van der Waals surface area contributed by atoms with E-state index in [1.54, 1.807) is 24.3 Å². The van der Waals surface area contributed by atoms with Crippen molar-refractivity contribution in [2.45, 2.75) is 25.0 Å². The molecule has 12 nitrogen and oxygen atoms in total.